The molecule has 0 N–H and O–H groups in total. The zero-order valence-electron chi connectivity index (χ0n) is 10.4. The highest BCUT2D eigenvalue weighted by Gasteiger charge is 2.63. The number of fused-ring (bicyclic) bond motifs is 2. The van der Waals surface area contributed by atoms with Crippen LogP contribution in [0.25, 0.3) is 0 Å². The Morgan fingerprint density at radius 1 is 0.810 bits per heavy atom. The Labute approximate surface area is 122 Å². The molecule has 0 aliphatic heterocycles. The first-order valence-electron chi connectivity index (χ1n) is 6.06. The monoisotopic (exact) mass is 318 g/mol. The summed E-state index contributed by atoms with van der Waals surface area (Å²) in [6.07, 6.45) is 0. The van der Waals surface area contributed by atoms with Crippen molar-refractivity contribution in [3.63, 3.8) is 0 Å². The minimum absolute atomic E-state index is 0.145. The van der Waals surface area contributed by atoms with E-state index in [1.54, 1.807) is 0 Å². The molecule has 0 aromatic heterocycles. The van der Waals surface area contributed by atoms with Gasteiger partial charge in [0.2, 0.25) is 0 Å². The van der Waals surface area contributed by atoms with E-state index in [0.717, 1.165) is 18.2 Å². The Balaban J connectivity index is 2.45. The van der Waals surface area contributed by atoms with E-state index in [-0.39, 0.29) is 11.1 Å². The normalized spacial score (nSPS) is 22.1. The molecular formula is C15H8ClF5. The van der Waals surface area contributed by atoms with Gasteiger partial charge in [0.15, 0.2) is 0 Å². The molecule has 0 nitrogen and oxygen atoms in total. The maximum atomic E-state index is 14.3. The van der Waals surface area contributed by atoms with Gasteiger partial charge in [0.25, 0.3) is 0 Å². The molecule has 0 heterocycles. The quantitative estimate of drug-likeness (QED) is 0.453. The summed E-state index contributed by atoms with van der Waals surface area (Å²) >= 11 is 6.08. The van der Waals surface area contributed by atoms with Crippen molar-refractivity contribution in [3.05, 3.63) is 70.5 Å². The molecule has 2 aromatic carbocycles. The lowest BCUT2D eigenvalue weighted by Gasteiger charge is -2.27. The summed E-state index contributed by atoms with van der Waals surface area (Å²) in [6, 6.07) is 7.82. The van der Waals surface area contributed by atoms with Gasteiger partial charge in [-0.2, -0.15) is 17.6 Å². The Kier molecular flexibility index (Phi) is 3.03. The maximum Gasteiger partial charge on any atom is 0.342 e. The van der Waals surface area contributed by atoms with Crippen LogP contribution in [0.5, 0.6) is 0 Å². The average Bonchev–Trinajstić information content (AvgIpc) is 2.49. The molecule has 0 spiro atoms. The summed E-state index contributed by atoms with van der Waals surface area (Å²) in [6.45, 7) is 0. The topological polar surface area (TPSA) is 0 Å². The fraction of sp³-hybridized carbons (Fsp3) is 0.200. The average molecular weight is 319 g/mol. The van der Waals surface area contributed by atoms with Gasteiger partial charge in [-0.25, -0.2) is 4.39 Å². The van der Waals surface area contributed by atoms with Gasteiger partial charge in [0.1, 0.15) is 5.82 Å². The molecule has 0 amide bonds. The van der Waals surface area contributed by atoms with Gasteiger partial charge in [-0.15, -0.1) is 11.6 Å². The standard InChI is InChI=1S/C15H8ClF5/c16-13-8-4-1-2-6-10(8)14(18,19)15(20,21)12-9(13)5-3-7-11(12)17/h1-7,13H. The second kappa shape index (κ2) is 4.44. The second-order valence-corrected chi connectivity index (χ2v) is 5.24. The first-order chi connectivity index (χ1) is 9.78. The number of rotatable bonds is 0. The highest BCUT2D eigenvalue weighted by molar-refractivity contribution is 6.23. The smallest absolute Gasteiger partial charge is 0.206 e. The van der Waals surface area contributed by atoms with Crippen molar-refractivity contribution in [1.29, 1.82) is 0 Å². The summed E-state index contributed by atoms with van der Waals surface area (Å²) < 4.78 is 71.0. The fourth-order valence-corrected chi connectivity index (χ4v) is 2.95. The summed E-state index contributed by atoms with van der Waals surface area (Å²) in [4.78, 5) is 0. The van der Waals surface area contributed by atoms with Crippen molar-refractivity contribution in [3.8, 4) is 0 Å². The van der Waals surface area contributed by atoms with Gasteiger partial charge in [-0.3, -0.25) is 0 Å². The number of benzene rings is 2. The minimum atomic E-state index is -4.69. The van der Waals surface area contributed by atoms with Crippen molar-refractivity contribution >= 4 is 11.6 Å². The van der Waals surface area contributed by atoms with E-state index in [2.05, 4.69) is 0 Å². The number of alkyl halides is 5. The van der Waals surface area contributed by atoms with Gasteiger partial charge in [-0.1, -0.05) is 36.4 Å². The van der Waals surface area contributed by atoms with Crippen LogP contribution in [-0.4, -0.2) is 0 Å². The van der Waals surface area contributed by atoms with Gasteiger partial charge >= 0.3 is 11.8 Å². The van der Waals surface area contributed by atoms with Gasteiger partial charge < -0.3 is 0 Å². The lowest BCUT2D eigenvalue weighted by Crippen LogP contribution is -2.36. The third kappa shape index (κ3) is 1.80. The van der Waals surface area contributed by atoms with Crippen molar-refractivity contribution in [2.24, 2.45) is 0 Å². The molecule has 0 saturated heterocycles. The number of hydrogen-bond donors (Lipinski definition) is 0. The molecule has 3 rings (SSSR count). The maximum absolute atomic E-state index is 14.3. The zero-order valence-corrected chi connectivity index (χ0v) is 11.1. The van der Waals surface area contributed by atoms with E-state index in [1.165, 1.54) is 24.3 Å². The van der Waals surface area contributed by atoms with E-state index >= 15 is 0 Å². The zero-order chi connectivity index (χ0) is 15.4. The van der Waals surface area contributed by atoms with Gasteiger partial charge in [0, 0.05) is 5.56 Å². The number of hydrogen-bond acceptors (Lipinski definition) is 0. The van der Waals surface area contributed by atoms with Gasteiger partial charge in [0.05, 0.1) is 10.9 Å². The molecule has 1 unspecified atom stereocenters. The van der Waals surface area contributed by atoms with Crippen LogP contribution in [-0.2, 0) is 11.8 Å². The molecule has 0 saturated carbocycles. The van der Waals surface area contributed by atoms with Crippen molar-refractivity contribution in [2.75, 3.05) is 0 Å². The molecule has 0 fully saturated rings. The molecule has 110 valence electrons. The predicted molar refractivity (Wildman–Crippen MR) is 68.3 cm³/mol. The Bertz CT molecular complexity index is 711. The van der Waals surface area contributed by atoms with Crippen molar-refractivity contribution in [2.45, 2.75) is 17.2 Å². The molecule has 2 aromatic rings. The van der Waals surface area contributed by atoms with E-state index in [1.807, 2.05) is 0 Å². The second-order valence-electron chi connectivity index (χ2n) is 4.80. The van der Waals surface area contributed by atoms with Crippen LogP contribution < -0.4 is 0 Å². The lowest BCUT2D eigenvalue weighted by atomic mass is 9.96. The Hall–Kier alpha value is -1.62. The highest BCUT2D eigenvalue weighted by Crippen LogP contribution is 2.57. The molecule has 0 radical (unpaired) electrons. The first-order valence-corrected chi connectivity index (χ1v) is 6.50. The third-order valence-electron chi connectivity index (χ3n) is 3.60. The minimum Gasteiger partial charge on any atom is -0.206 e. The molecular weight excluding hydrogens is 311 g/mol. The van der Waals surface area contributed by atoms with Crippen LogP contribution in [0, 0.1) is 5.82 Å². The predicted octanol–water partition coefficient (Wildman–Crippen LogP) is 5.35. The summed E-state index contributed by atoms with van der Waals surface area (Å²) in [5.74, 6) is -10.6. The lowest BCUT2D eigenvalue weighted by molar-refractivity contribution is -0.224. The largest absolute Gasteiger partial charge is 0.342 e. The van der Waals surface area contributed by atoms with Crippen LogP contribution >= 0.6 is 11.6 Å². The van der Waals surface area contributed by atoms with E-state index < -0.39 is 34.2 Å². The Morgan fingerprint density at radius 3 is 2.14 bits per heavy atom. The van der Waals surface area contributed by atoms with Gasteiger partial charge in [-0.05, 0) is 17.2 Å². The first kappa shape index (κ1) is 14.3. The summed E-state index contributed by atoms with van der Waals surface area (Å²) in [5, 5.41) is -1.27. The van der Waals surface area contributed by atoms with Crippen LogP contribution in [0.4, 0.5) is 22.0 Å². The molecule has 0 bridgehead atoms. The molecule has 1 aliphatic carbocycles. The van der Waals surface area contributed by atoms with Crippen molar-refractivity contribution in [1.82, 2.24) is 0 Å². The highest BCUT2D eigenvalue weighted by atomic mass is 35.5. The van der Waals surface area contributed by atoms with Crippen LogP contribution in [0.2, 0.25) is 0 Å². The van der Waals surface area contributed by atoms with Crippen molar-refractivity contribution < 1.29 is 22.0 Å². The number of halogens is 6. The molecule has 21 heavy (non-hydrogen) atoms. The summed E-state index contributed by atoms with van der Waals surface area (Å²) in [7, 11) is 0. The van der Waals surface area contributed by atoms with Crippen LogP contribution in [0.1, 0.15) is 27.6 Å². The van der Waals surface area contributed by atoms with Crippen LogP contribution in [0.15, 0.2) is 42.5 Å². The Morgan fingerprint density at radius 2 is 1.43 bits per heavy atom. The molecule has 1 aliphatic rings. The molecule has 1 atom stereocenters. The molecule has 6 heteroatoms. The fourth-order valence-electron chi connectivity index (χ4n) is 2.58. The third-order valence-corrected chi connectivity index (χ3v) is 4.07. The van der Waals surface area contributed by atoms with E-state index in [4.69, 9.17) is 11.6 Å². The summed E-state index contributed by atoms with van der Waals surface area (Å²) in [5.41, 5.74) is -2.71. The van der Waals surface area contributed by atoms with Crippen LogP contribution in [0.3, 0.4) is 0 Å². The van der Waals surface area contributed by atoms with E-state index in [9.17, 15) is 22.0 Å². The van der Waals surface area contributed by atoms with E-state index in [0.29, 0.717) is 0 Å². The SMILES string of the molecule is Fc1cccc2c1C(F)(F)C(F)(F)c1ccccc1C2Cl.